The number of nitrogens with one attached hydrogen (secondary N) is 1. The van der Waals surface area contributed by atoms with Gasteiger partial charge in [-0.1, -0.05) is 30.3 Å². The fourth-order valence-corrected chi connectivity index (χ4v) is 2.56. The van der Waals surface area contributed by atoms with Crippen LogP contribution in [0.4, 0.5) is 0 Å². The molecule has 1 aliphatic heterocycles. The highest BCUT2D eigenvalue weighted by Crippen LogP contribution is 2.36. The Labute approximate surface area is 105 Å². The van der Waals surface area contributed by atoms with Crippen LogP contribution in [0, 0.1) is 0 Å². The first-order valence-corrected chi connectivity index (χ1v) is 6.09. The lowest BCUT2D eigenvalue weighted by Crippen LogP contribution is -2.35. The van der Waals surface area contributed by atoms with Crippen LogP contribution in [0.5, 0.6) is 0 Å². The summed E-state index contributed by atoms with van der Waals surface area (Å²) in [6, 6.07) is 10.3. The first-order chi connectivity index (χ1) is 8.59. The predicted octanol–water partition coefficient (Wildman–Crippen LogP) is 2.22. The maximum Gasteiger partial charge on any atom is 0.362 e. The fraction of sp³-hybridized carbons (Fsp3) is 0.357. The van der Waals surface area contributed by atoms with E-state index in [0.29, 0.717) is 6.54 Å². The minimum atomic E-state index is -0.242. The average Bonchev–Trinajstić information content (AvgIpc) is 2.82. The highest BCUT2D eigenvalue weighted by molar-refractivity contribution is 5.29. The largest absolute Gasteiger partial charge is 0.362 e. The minimum absolute atomic E-state index is 0.197. The van der Waals surface area contributed by atoms with Gasteiger partial charge in [-0.15, -0.1) is 0 Å². The molecule has 0 saturated heterocycles. The molecule has 4 heteroatoms. The van der Waals surface area contributed by atoms with E-state index < -0.39 is 0 Å². The van der Waals surface area contributed by atoms with Gasteiger partial charge in [0.15, 0.2) is 0 Å². The molecule has 2 heterocycles. The van der Waals surface area contributed by atoms with Crippen LogP contribution in [-0.2, 0) is 18.6 Å². The van der Waals surface area contributed by atoms with Crippen LogP contribution in [0.15, 0.2) is 39.6 Å². The lowest BCUT2D eigenvalue weighted by molar-refractivity contribution is 0.116. The molecule has 0 bridgehead atoms. The molecule has 1 aromatic heterocycles. The van der Waals surface area contributed by atoms with Gasteiger partial charge in [0.05, 0.1) is 16.8 Å². The number of aromatic nitrogens is 1. The molecule has 0 radical (unpaired) electrons. The number of aromatic amines is 1. The number of nitrogens with zero attached hydrogens (tertiary/aromatic N) is 1. The third kappa shape index (κ3) is 1.61. The fourth-order valence-electron chi connectivity index (χ4n) is 2.56. The normalized spacial score (nSPS) is 17.9. The predicted molar refractivity (Wildman–Crippen MR) is 68.0 cm³/mol. The summed E-state index contributed by atoms with van der Waals surface area (Å²) in [5.74, 6) is 0. The lowest BCUT2D eigenvalue weighted by atomic mass is 10.0. The van der Waals surface area contributed by atoms with Crippen LogP contribution in [0.1, 0.15) is 30.7 Å². The van der Waals surface area contributed by atoms with Gasteiger partial charge in [0.25, 0.3) is 0 Å². The molecule has 0 aliphatic carbocycles. The summed E-state index contributed by atoms with van der Waals surface area (Å²) in [5, 5.41) is 2.76. The number of benzene rings is 1. The van der Waals surface area contributed by atoms with Crippen molar-refractivity contribution in [3.8, 4) is 0 Å². The van der Waals surface area contributed by atoms with Gasteiger partial charge < -0.3 is 4.52 Å². The van der Waals surface area contributed by atoms with E-state index in [1.165, 1.54) is 5.56 Å². The zero-order valence-corrected chi connectivity index (χ0v) is 10.6. The molecule has 1 N–H and O–H groups in total. The van der Waals surface area contributed by atoms with Crippen molar-refractivity contribution in [2.75, 3.05) is 0 Å². The van der Waals surface area contributed by atoms with Gasteiger partial charge in [-0.3, -0.25) is 4.90 Å². The van der Waals surface area contributed by atoms with E-state index in [0.717, 1.165) is 17.8 Å². The van der Waals surface area contributed by atoms with E-state index >= 15 is 0 Å². The average molecular weight is 244 g/mol. The van der Waals surface area contributed by atoms with Crippen molar-refractivity contribution in [3.63, 3.8) is 0 Å². The summed E-state index contributed by atoms with van der Waals surface area (Å²) in [6.45, 7) is 5.68. The summed E-state index contributed by atoms with van der Waals surface area (Å²) < 4.78 is 4.86. The molecule has 2 aromatic rings. The van der Waals surface area contributed by atoms with Crippen molar-refractivity contribution in [1.82, 2.24) is 10.1 Å². The van der Waals surface area contributed by atoms with Crippen molar-refractivity contribution in [2.24, 2.45) is 0 Å². The third-order valence-corrected chi connectivity index (χ3v) is 3.76. The second-order valence-corrected chi connectivity index (χ2v) is 5.25. The van der Waals surface area contributed by atoms with Crippen LogP contribution >= 0.6 is 0 Å². The SMILES string of the molecule is CC1(C)c2[nH]oc(=O)c2CN1Cc1ccccc1. The van der Waals surface area contributed by atoms with Gasteiger partial charge in [-0.05, 0) is 19.4 Å². The molecular formula is C14H16N2O2. The number of hydrogen-bond acceptors (Lipinski definition) is 3. The van der Waals surface area contributed by atoms with E-state index in [4.69, 9.17) is 4.52 Å². The number of fused-ring (bicyclic) bond motifs is 1. The van der Waals surface area contributed by atoms with Crippen LogP contribution in [-0.4, -0.2) is 10.1 Å². The van der Waals surface area contributed by atoms with E-state index in [1.54, 1.807) is 0 Å². The molecule has 0 atom stereocenters. The van der Waals surface area contributed by atoms with Gasteiger partial charge in [0.2, 0.25) is 0 Å². The monoisotopic (exact) mass is 244 g/mol. The highest BCUT2D eigenvalue weighted by atomic mass is 16.5. The van der Waals surface area contributed by atoms with E-state index in [2.05, 4.69) is 36.0 Å². The van der Waals surface area contributed by atoms with Crippen LogP contribution < -0.4 is 5.63 Å². The quantitative estimate of drug-likeness (QED) is 0.881. The maximum atomic E-state index is 11.6. The molecule has 1 aliphatic rings. The van der Waals surface area contributed by atoms with Crippen molar-refractivity contribution in [1.29, 1.82) is 0 Å². The molecule has 0 saturated carbocycles. The van der Waals surface area contributed by atoms with Crippen molar-refractivity contribution in [3.05, 3.63) is 57.6 Å². The summed E-state index contributed by atoms with van der Waals surface area (Å²) >= 11 is 0. The molecule has 0 amide bonds. The number of rotatable bonds is 2. The van der Waals surface area contributed by atoms with E-state index in [9.17, 15) is 4.79 Å². The number of H-pyrrole nitrogens is 1. The Bertz CT molecular complexity index is 610. The first-order valence-electron chi connectivity index (χ1n) is 6.09. The molecule has 3 rings (SSSR count). The Balaban J connectivity index is 1.91. The van der Waals surface area contributed by atoms with Gasteiger partial charge in [-0.2, -0.15) is 0 Å². The molecule has 0 spiro atoms. The molecule has 94 valence electrons. The summed E-state index contributed by atoms with van der Waals surface area (Å²) in [6.07, 6.45) is 0. The summed E-state index contributed by atoms with van der Waals surface area (Å²) in [4.78, 5) is 13.9. The Morgan fingerprint density at radius 3 is 2.72 bits per heavy atom. The zero-order valence-electron chi connectivity index (χ0n) is 10.6. The standard InChI is InChI=1S/C14H16N2O2/c1-14(2)12-11(13(17)18-15-12)9-16(14)8-10-6-4-3-5-7-10/h3-7,15H,8-9H2,1-2H3. The lowest BCUT2D eigenvalue weighted by Gasteiger charge is -2.31. The smallest absolute Gasteiger partial charge is 0.338 e. The molecular weight excluding hydrogens is 228 g/mol. The molecule has 4 nitrogen and oxygen atoms in total. The van der Waals surface area contributed by atoms with Gasteiger partial charge in [0.1, 0.15) is 0 Å². The molecule has 0 fully saturated rings. The summed E-state index contributed by atoms with van der Waals surface area (Å²) in [5.41, 5.74) is 2.48. The van der Waals surface area contributed by atoms with E-state index in [-0.39, 0.29) is 11.2 Å². The molecule has 0 unspecified atom stereocenters. The maximum absolute atomic E-state index is 11.6. The third-order valence-electron chi connectivity index (χ3n) is 3.76. The number of hydrogen-bond donors (Lipinski definition) is 1. The van der Waals surface area contributed by atoms with Crippen molar-refractivity contribution in [2.45, 2.75) is 32.5 Å². The van der Waals surface area contributed by atoms with Crippen LogP contribution in [0.2, 0.25) is 0 Å². The topological polar surface area (TPSA) is 49.2 Å². The highest BCUT2D eigenvalue weighted by Gasteiger charge is 2.41. The molecule has 1 aromatic carbocycles. The van der Waals surface area contributed by atoms with Crippen molar-refractivity contribution < 1.29 is 4.52 Å². The van der Waals surface area contributed by atoms with Crippen molar-refractivity contribution >= 4 is 0 Å². The first kappa shape index (κ1) is 11.3. The Kier molecular flexibility index (Phi) is 2.41. The van der Waals surface area contributed by atoms with Crippen LogP contribution in [0.3, 0.4) is 0 Å². The zero-order chi connectivity index (χ0) is 12.8. The van der Waals surface area contributed by atoms with Gasteiger partial charge >= 0.3 is 5.63 Å². The second kappa shape index (κ2) is 3.85. The molecule has 18 heavy (non-hydrogen) atoms. The minimum Gasteiger partial charge on any atom is -0.338 e. The summed E-state index contributed by atoms with van der Waals surface area (Å²) in [7, 11) is 0. The Hall–Kier alpha value is -1.81. The van der Waals surface area contributed by atoms with Crippen LogP contribution in [0.25, 0.3) is 0 Å². The van der Waals surface area contributed by atoms with Gasteiger partial charge in [-0.25, -0.2) is 9.95 Å². The van der Waals surface area contributed by atoms with E-state index in [1.807, 2.05) is 18.2 Å². The second-order valence-electron chi connectivity index (χ2n) is 5.25. The Morgan fingerprint density at radius 1 is 1.33 bits per heavy atom. The van der Waals surface area contributed by atoms with Gasteiger partial charge in [0, 0.05) is 13.1 Å². The Morgan fingerprint density at radius 2 is 2.06 bits per heavy atom.